The van der Waals surface area contributed by atoms with E-state index in [1.807, 2.05) is 4.90 Å². The molecule has 1 amide bonds. The highest BCUT2D eigenvalue weighted by molar-refractivity contribution is 7.89. The second-order valence-corrected chi connectivity index (χ2v) is 9.65. The van der Waals surface area contributed by atoms with Crippen molar-refractivity contribution in [3.05, 3.63) is 29.8 Å². The number of piperidine rings is 2. The molecule has 3 rings (SSSR count). The van der Waals surface area contributed by atoms with Crippen LogP contribution < -0.4 is 0 Å². The maximum atomic E-state index is 12.7. The lowest BCUT2D eigenvalue weighted by molar-refractivity contribution is -0.138. The number of amides is 1. The first kappa shape index (κ1) is 21.8. The molecule has 1 unspecified atom stereocenters. The molecule has 1 atom stereocenters. The lowest BCUT2D eigenvalue weighted by atomic mass is 10.00. The van der Waals surface area contributed by atoms with Gasteiger partial charge in [-0.3, -0.25) is 4.79 Å². The Labute approximate surface area is 173 Å². The summed E-state index contributed by atoms with van der Waals surface area (Å²) >= 11 is 0. The average Bonchev–Trinajstić information content (AvgIpc) is 2.77. The van der Waals surface area contributed by atoms with Crippen molar-refractivity contribution in [3.63, 3.8) is 0 Å². The van der Waals surface area contributed by atoms with Crippen LogP contribution in [-0.2, 0) is 19.6 Å². The van der Waals surface area contributed by atoms with Gasteiger partial charge in [-0.2, -0.15) is 4.31 Å². The van der Waals surface area contributed by atoms with E-state index >= 15 is 0 Å². The number of hydrogen-bond donors (Lipinski definition) is 0. The van der Waals surface area contributed by atoms with E-state index in [4.69, 9.17) is 4.74 Å². The average molecular weight is 423 g/mol. The number of sulfonamides is 1. The molecule has 2 aliphatic heterocycles. The summed E-state index contributed by atoms with van der Waals surface area (Å²) in [6, 6.07) is 5.97. The minimum atomic E-state index is -3.53. The van der Waals surface area contributed by atoms with Gasteiger partial charge < -0.3 is 9.64 Å². The van der Waals surface area contributed by atoms with Gasteiger partial charge in [-0.05, 0) is 62.8 Å². The van der Waals surface area contributed by atoms with E-state index in [0.717, 1.165) is 44.9 Å². The number of ether oxygens (including phenoxy) is 1. The monoisotopic (exact) mass is 422 g/mol. The summed E-state index contributed by atoms with van der Waals surface area (Å²) in [4.78, 5) is 26.7. The van der Waals surface area contributed by atoms with E-state index < -0.39 is 16.0 Å². The molecule has 2 saturated heterocycles. The first-order valence-corrected chi connectivity index (χ1v) is 11.9. The number of likely N-dealkylation sites (tertiary alicyclic amines) is 1. The standard InChI is InChI=1S/C21H30N2O5S/c1-2-18-8-4-7-15-23(18)20(24)16-28-21(25)17-9-11-19(12-10-17)29(26,27)22-13-5-3-6-14-22/h9-12,18H,2-8,13-16H2,1H3. The van der Waals surface area contributed by atoms with Crippen LogP contribution in [-0.4, -0.2) is 61.8 Å². The van der Waals surface area contributed by atoms with Crippen molar-refractivity contribution in [2.45, 2.75) is 62.8 Å². The second kappa shape index (κ2) is 9.71. The van der Waals surface area contributed by atoms with Crippen molar-refractivity contribution >= 4 is 21.9 Å². The molecule has 0 aliphatic carbocycles. The van der Waals surface area contributed by atoms with Crippen LogP contribution in [0, 0.1) is 0 Å². The van der Waals surface area contributed by atoms with Gasteiger partial charge in [0.05, 0.1) is 10.5 Å². The molecule has 2 aliphatic rings. The quantitative estimate of drug-likeness (QED) is 0.658. The molecule has 1 aromatic rings. The molecule has 1 aromatic carbocycles. The number of benzene rings is 1. The summed E-state index contributed by atoms with van der Waals surface area (Å²) in [5, 5.41) is 0. The first-order valence-electron chi connectivity index (χ1n) is 10.5. The molecule has 0 N–H and O–H groups in total. The van der Waals surface area contributed by atoms with Crippen molar-refractivity contribution in [1.29, 1.82) is 0 Å². The molecule has 0 radical (unpaired) electrons. The lowest BCUT2D eigenvalue weighted by Crippen LogP contribution is -2.45. The number of carbonyl (C=O) groups is 2. The molecule has 2 heterocycles. The predicted octanol–water partition coefficient (Wildman–Crippen LogP) is 2.81. The summed E-state index contributed by atoms with van der Waals surface area (Å²) < 4.78 is 32.0. The lowest BCUT2D eigenvalue weighted by Gasteiger charge is -2.35. The predicted molar refractivity (Wildman–Crippen MR) is 109 cm³/mol. The molecule has 8 heteroatoms. The van der Waals surface area contributed by atoms with E-state index in [0.29, 0.717) is 19.6 Å². The Kier molecular flexibility index (Phi) is 7.29. The summed E-state index contributed by atoms with van der Waals surface area (Å²) in [7, 11) is -3.53. The fourth-order valence-corrected chi connectivity index (χ4v) is 5.58. The third kappa shape index (κ3) is 5.17. The zero-order valence-corrected chi connectivity index (χ0v) is 17.8. The van der Waals surface area contributed by atoms with Crippen molar-refractivity contribution in [2.24, 2.45) is 0 Å². The van der Waals surface area contributed by atoms with Gasteiger partial charge in [0.2, 0.25) is 10.0 Å². The minimum Gasteiger partial charge on any atom is -0.452 e. The van der Waals surface area contributed by atoms with Gasteiger partial charge in [0.1, 0.15) is 0 Å². The molecular formula is C21H30N2O5S. The molecule has 0 spiro atoms. The molecule has 2 fully saturated rings. The molecule has 0 aromatic heterocycles. The summed E-state index contributed by atoms with van der Waals surface area (Å²) in [6.45, 7) is 3.54. The summed E-state index contributed by atoms with van der Waals surface area (Å²) in [5.41, 5.74) is 0.237. The molecule has 0 saturated carbocycles. The number of carbonyl (C=O) groups excluding carboxylic acids is 2. The molecular weight excluding hydrogens is 392 g/mol. The Morgan fingerprint density at radius 2 is 1.66 bits per heavy atom. The van der Waals surface area contributed by atoms with Crippen LogP contribution in [0.15, 0.2) is 29.2 Å². The highest BCUT2D eigenvalue weighted by atomic mass is 32.2. The number of nitrogens with zero attached hydrogens (tertiary/aromatic N) is 2. The maximum absolute atomic E-state index is 12.7. The van der Waals surface area contributed by atoms with Gasteiger partial charge >= 0.3 is 5.97 Å². The Bertz CT molecular complexity index is 816. The van der Waals surface area contributed by atoms with Crippen LogP contribution in [0.1, 0.15) is 62.2 Å². The van der Waals surface area contributed by atoms with E-state index in [1.54, 1.807) is 0 Å². The number of hydrogen-bond acceptors (Lipinski definition) is 5. The van der Waals surface area contributed by atoms with E-state index in [9.17, 15) is 18.0 Å². The molecule has 0 bridgehead atoms. The zero-order valence-electron chi connectivity index (χ0n) is 17.0. The molecule has 160 valence electrons. The molecule has 29 heavy (non-hydrogen) atoms. The third-order valence-corrected chi connectivity index (χ3v) is 7.70. The van der Waals surface area contributed by atoms with Crippen molar-refractivity contribution in [1.82, 2.24) is 9.21 Å². The maximum Gasteiger partial charge on any atom is 0.338 e. The first-order chi connectivity index (χ1) is 13.9. The van der Waals surface area contributed by atoms with E-state index in [2.05, 4.69) is 6.92 Å². The Hall–Kier alpha value is -1.93. The van der Waals surface area contributed by atoms with Crippen LogP contribution in [0.2, 0.25) is 0 Å². The van der Waals surface area contributed by atoms with Gasteiger partial charge in [0, 0.05) is 25.7 Å². The normalized spacial score (nSPS) is 21.0. The highest BCUT2D eigenvalue weighted by Crippen LogP contribution is 2.22. The fourth-order valence-electron chi connectivity index (χ4n) is 4.06. The topological polar surface area (TPSA) is 84.0 Å². The number of rotatable bonds is 6. The zero-order chi connectivity index (χ0) is 20.9. The van der Waals surface area contributed by atoms with Crippen LogP contribution in [0.5, 0.6) is 0 Å². The smallest absolute Gasteiger partial charge is 0.338 e. The van der Waals surface area contributed by atoms with Gasteiger partial charge in [0.25, 0.3) is 5.91 Å². The van der Waals surface area contributed by atoms with Crippen molar-refractivity contribution in [3.8, 4) is 0 Å². The second-order valence-electron chi connectivity index (χ2n) is 7.71. The van der Waals surface area contributed by atoms with E-state index in [1.165, 1.54) is 28.6 Å². The van der Waals surface area contributed by atoms with Crippen molar-refractivity contribution in [2.75, 3.05) is 26.2 Å². The SMILES string of the molecule is CCC1CCCCN1C(=O)COC(=O)c1ccc(S(=O)(=O)N2CCCCC2)cc1. The van der Waals surface area contributed by atoms with Crippen LogP contribution >= 0.6 is 0 Å². The van der Waals surface area contributed by atoms with Gasteiger partial charge in [0.15, 0.2) is 6.61 Å². The number of esters is 1. The highest BCUT2D eigenvalue weighted by Gasteiger charge is 2.27. The Morgan fingerprint density at radius 3 is 2.31 bits per heavy atom. The largest absolute Gasteiger partial charge is 0.452 e. The summed E-state index contributed by atoms with van der Waals surface area (Å²) in [6.07, 6.45) is 6.76. The van der Waals surface area contributed by atoms with Crippen LogP contribution in [0.4, 0.5) is 0 Å². The third-order valence-electron chi connectivity index (χ3n) is 5.79. The van der Waals surface area contributed by atoms with E-state index in [-0.39, 0.29) is 29.0 Å². The Morgan fingerprint density at radius 1 is 1.00 bits per heavy atom. The minimum absolute atomic E-state index is 0.172. The molecule has 7 nitrogen and oxygen atoms in total. The fraction of sp³-hybridized carbons (Fsp3) is 0.619. The van der Waals surface area contributed by atoms with Crippen LogP contribution in [0.3, 0.4) is 0 Å². The van der Waals surface area contributed by atoms with Gasteiger partial charge in [-0.1, -0.05) is 13.3 Å². The summed E-state index contributed by atoms with van der Waals surface area (Å²) in [5.74, 6) is -0.792. The van der Waals surface area contributed by atoms with Crippen LogP contribution in [0.25, 0.3) is 0 Å². The van der Waals surface area contributed by atoms with Gasteiger partial charge in [-0.15, -0.1) is 0 Å². The van der Waals surface area contributed by atoms with Gasteiger partial charge in [-0.25, -0.2) is 13.2 Å². The van der Waals surface area contributed by atoms with Crippen molar-refractivity contribution < 1.29 is 22.7 Å². The Balaban J connectivity index is 1.58.